The first-order chi connectivity index (χ1) is 8.47. The third-order valence-corrected chi connectivity index (χ3v) is 2.88. The van der Waals surface area contributed by atoms with Crippen LogP contribution in [0.5, 0.6) is 0 Å². The molecule has 1 heterocycles. The van der Waals surface area contributed by atoms with Gasteiger partial charge in [0, 0.05) is 5.69 Å². The molecule has 2 rings (SSSR count). The molecular weight excluding hydrogens is 252 g/mol. The van der Waals surface area contributed by atoms with E-state index in [9.17, 15) is 4.79 Å². The Kier molecular flexibility index (Phi) is 3.30. The van der Waals surface area contributed by atoms with Gasteiger partial charge in [-0.15, -0.1) is 0 Å². The van der Waals surface area contributed by atoms with E-state index < -0.39 is 0 Å². The van der Waals surface area contributed by atoms with Crippen LogP contribution in [0.25, 0.3) is 0 Å². The zero-order valence-electron chi connectivity index (χ0n) is 10.1. The molecule has 3 N–H and O–H groups in total. The first-order valence-corrected chi connectivity index (χ1v) is 5.78. The van der Waals surface area contributed by atoms with Crippen molar-refractivity contribution >= 4 is 28.9 Å². The third-order valence-electron chi connectivity index (χ3n) is 2.56. The van der Waals surface area contributed by atoms with Crippen molar-refractivity contribution in [1.29, 1.82) is 0 Å². The van der Waals surface area contributed by atoms with E-state index in [0.717, 1.165) is 5.56 Å². The summed E-state index contributed by atoms with van der Waals surface area (Å²) in [5.41, 5.74) is 7.62. The van der Waals surface area contributed by atoms with Crippen LogP contribution in [0.2, 0.25) is 5.02 Å². The number of nitrogens with one attached hydrogen (secondary N) is 1. The molecule has 1 aromatic carbocycles. The minimum atomic E-state index is -0.313. The monoisotopic (exact) mass is 264 g/mol. The highest BCUT2D eigenvalue weighted by molar-refractivity contribution is 6.33. The van der Waals surface area contributed by atoms with Crippen LogP contribution in [0.1, 0.15) is 21.9 Å². The van der Waals surface area contributed by atoms with Gasteiger partial charge in [0.05, 0.1) is 10.7 Å². The molecule has 4 nitrogen and oxygen atoms in total. The molecule has 2 aromatic rings. The number of nitrogens with two attached hydrogens (primary N) is 1. The summed E-state index contributed by atoms with van der Waals surface area (Å²) in [6.45, 7) is 3.62. The summed E-state index contributed by atoms with van der Waals surface area (Å²) in [6, 6.07) is 6.70. The normalized spacial score (nSPS) is 10.4. The summed E-state index contributed by atoms with van der Waals surface area (Å²) in [4.78, 5) is 11.9. The number of hydrogen-bond donors (Lipinski definition) is 2. The average Bonchev–Trinajstić information content (AvgIpc) is 2.73. The number of halogens is 1. The lowest BCUT2D eigenvalue weighted by atomic mass is 10.1. The van der Waals surface area contributed by atoms with Crippen LogP contribution >= 0.6 is 11.6 Å². The van der Waals surface area contributed by atoms with E-state index in [4.69, 9.17) is 21.8 Å². The Bertz CT molecular complexity index is 605. The SMILES string of the molecule is Cc1ccc(C(=O)Nc2cc(Cl)c(N)cc2C)o1. The van der Waals surface area contributed by atoms with E-state index in [0.29, 0.717) is 22.2 Å². The number of hydrogen-bond acceptors (Lipinski definition) is 3. The van der Waals surface area contributed by atoms with Gasteiger partial charge in [0.15, 0.2) is 5.76 Å². The van der Waals surface area contributed by atoms with Crippen molar-refractivity contribution in [3.8, 4) is 0 Å². The van der Waals surface area contributed by atoms with Crippen molar-refractivity contribution in [2.45, 2.75) is 13.8 Å². The molecule has 0 aliphatic heterocycles. The second-order valence-corrected chi connectivity index (χ2v) is 4.46. The van der Waals surface area contributed by atoms with Crippen LogP contribution in [0, 0.1) is 13.8 Å². The third kappa shape index (κ3) is 2.49. The first kappa shape index (κ1) is 12.5. The van der Waals surface area contributed by atoms with Crippen molar-refractivity contribution in [2.75, 3.05) is 11.1 Å². The highest BCUT2D eigenvalue weighted by atomic mass is 35.5. The van der Waals surface area contributed by atoms with Gasteiger partial charge in [-0.1, -0.05) is 11.6 Å². The standard InChI is InChI=1S/C13H13ClN2O2/c1-7-5-10(15)9(14)6-11(7)16-13(17)12-4-3-8(2)18-12/h3-6H,15H2,1-2H3,(H,16,17). The lowest BCUT2D eigenvalue weighted by molar-refractivity contribution is 0.0995. The van der Waals surface area contributed by atoms with Gasteiger partial charge in [-0.05, 0) is 43.7 Å². The molecule has 0 spiro atoms. The highest BCUT2D eigenvalue weighted by Crippen LogP contribution is 2.27. The Hall–Kier alpha value is -1.94. The molecule has 0 unspecified atom stereocenters. The quantitative estimate of drug-likeness (QED) is 0.817. The maximum absolute atomic E-state index is 11.9. The van der Waals surface area contributed by atoms with Crippen LogP contribution in [-0.4, -0.2) is 5.91 Å². The lowest BCUT2D eigenvalue weighted by Crippen LogP contribution is -2.12. The zero-order valence-corrected chi connectivity index (χ0v) is 10.8. The number of aryl methyl sites for hydroxylation is 2. The Morgan fingerprint density at radius 3 is 2.67 bits per heavy atom. The number of benzene rings is 1. The molecule has 0 saturated heterocycles. The highest BCUT2D eigenvalue weighted by Gasteiger charge is 2.12. The Balaban J connectivity index is 2.24. The number of nitrogen functional groups attached to an aromatic ring is 1. The number of carbonyl (C=O) groups is 1. The number of carbonyl (C=O) groups excluding carboxylic acids is 1. The fourth-order valence-corrected chi connectivity index (χ4v) is 1.74. The number of amides is 1. The summed E-state index contributed by atoms with van der Waals surface area (Å²) in [6.07, 6.45) is 0. The molecule has 94 valence electrons. The Morgan fingerprint density at radius 2 is 2.06 bits per heavy atom. The number of anilines is 2. The van der Waals surface area contributed by atoms with Gasteiger partial charge < -0.3 is 15.5 Å². The molecule has 0 fully saturated rings. The largest absolute Gasteiger partial charge is 0.456 e. The Morgan fingerprint density at radius 1 is 1.33 bits per heavy atom. The predicted octanol–water partition coefficient (Wildman–Crippen LogP) is 3.38. The molecule has 0 radical (unpaired) electrons. The summed E-state index contributed by atoms with van der Waals surface area (Å²) in [5, 5.41) is 3.14. The van der Waals surface area contributed by atoms with E-state index in [1.54, 1.807) is 31.2 Å². The second kappa shape index (κ2) is 4.74. The van der Waals surface area contributed by atoms with Gasteiger partial charge in [0.1, 0.15) is 5.76 Å². The van der Waals surface area contributed by atoms with Gasteiger partial charge in [0.25, 0.3) is 5.91 Å². The van der Waals surface area contributed by atoms with Crippen LogP contribution in [0.4, 0.5) is 11.4 Å². The summed E-state index contributed by atoms with van der Waals surface area (Å²) < 4.78 is 5.24. The number of rotatable bonds is 2. The van der Waals surface area contributed by atoms with E-state index >= 15 is 0 Å². The average molecular weight is 265 g/mol. The first-order valence-electron chi connectivity index (χ1n) is 5.41. The Labute approximate surface area is 110 Å². The fraction of sp³-hybridized carbons (Fsp3) is 0.154. The van der Waals surface area contributed by atoms with E-state index in [-0.39, 0.29) is 11.7 Å². The lowest BCUT2D eigenvalue weighted by Gasteiger charge is -2.09. The van der Waals surface area contributed by atoms with Crippen LogP contribution in [-0.2, 0) is 0 Å². The maximum atomic E-state index is 11.9. The topological polar surface area (TPSA) is 68.3 Å². The van der Waals surface area contributed by atoms with Crippen molar-refractivity contribution in [3.05, 3.63) is 46.4 Å². The predicted molar refractivity (Wildman–Crippen MR) is 72.0 cm³/mol. The van der Waals surface area contributed by atoms with Gasteiger partial charge >= 0.3 is 0 Å². The van der Waals surface area contributed by atoms with Crippen LogP contribution < -0.4 is 11.1 Å². The molecule has 1 amide bonds. The van der Waals surface area contributed by atoms with Crippen molar-refractivity contribution in [1.82, 2.24) is 0 Å². The summed E-state index contributed by atoms with van der Waals surface area (Å²) in [5.74, 6) is 0.638. The van der Waals surface area contributed by atoms with Crippen molar-refractivity contribution in [2.24, 2.45) is 0 Å². The second-order valence-electron chi connectivity index (χ2n) is 4.05. The maximum Gasteiger partial charge on any atom is 0.291 e. The fourth-order valence-electron chi connectivity index (χ4n) is 1.58. The molecular formula is C13H13ClN2O2. The van der Waals surface area contributed by atoms with Gasteiger partial charge in [-0.2, -0.15) is 0 Å². The van der Waals surface area contributed by atoms with Crippen LogP contribution in [0.3, 0.4) is 0 Å². The molecule has 18 heavy (non-hydrogen) atoms. The van der Waals surface area contributed by atoms with Gasteiger partial charge in [-0.25, -0.2) is 0 Å². The molecule has 0 atom stereocenters. The van der Waals surface area contributed by atoms with Crippen molar-refractivity contribution < 1.29 is 9.21 Å². The molecule has 0 aliphatic carbocycles. The number of furan rings is 1. The van der Waals surface area contributed by atoms with E-state index in [1.807, 2.05) is 6.92 Å². The minimum absolute atomic E-state index is 0.264. The summed E-state index contributed by atoms with van der Waals surface area (Å²) >= 11 is 5.92. The van der Waals surface area contributed by atoms with Gasteiger partial charge in [0.2, 0.25) is 0 Å². The molecule has 5 heteroatoms. The van der Waals surface area contributed by atoms with E-state index in [1.165, 1.54) is 0 Å². The summed E-state index contributed by atoms with van der Waals surface area (Å²) in [7, 11) is 0. The van der Waals surface area contributed by atoms with Crippen LogP contribution in [0.15, 0.2) is 28.7 Å². The molecule has 0 saturated carbocycles. The van der Waals surface area contributed by atoms with Gasteiger partial charge in [-0.3, -0.25) is 4.79 Å². The molecule has 0 aliphatic rings. The smallest absolute Gasteiger partial charge is 0.291 e. The molecule has 0 bridgehead atoms. The minimum Gasteiger partial charge on any atom is -0.456 e. The zero-order chi connectivity index (χ0) is 13.3. The van der Waals surface area contributed by atoms with Crippen molar-refractivity contribution in [3.63, 3.8) is 0 Å². The molecule has 1 aromatic heterocycles. The van der Waals surface area contributed by atoms with E-state index in [2.05, 4.69) is 5.32 Å².